The quantitative estimate of drug-likeness (QED) is 0.354. The molecule has 2 amide bonds. The van der Waals surface area contributed by atoms with E-state index in [4.69, 9.17) is 23.2 Å². The second kappa shape index (κ2) is 13.6. The average Bonchev–Trinajstić information content (AvgIpc) is 3.36. The van der Waals surface area contributed by atoms with Gasteiger partial charge in [0.2, 0.25) is 21.8 Å². The fraction of sp³-hybridized carbons (Fsp3) is 0.481. The van der Waals surface area contributed by atoms with Crippen LogP contribution >= 0.6 is 23.2 Å². The molecule has 1 saturated carbocycles. The van der Waals surface area contributed by atoms with Gasteiger partial charge in [0.15, 0.2) is 0 Å². The number of amides is 2. The van der Waals surface area contributed by atoms with Gasteiger partial charge in [-0.15, -0.1) is 0 Å². The third-order valence-electron chi connectivity index (χ3n) is 6.68. The third-order valence-corrected chi connectivity index (χ3v) is 8.42. The number of carbonyl (C=O) groups excluding carboxylic acids is 2. The monoisotopic (exact) mass is 585 g/mol. The van der Waals surface area contributed by atoms with Crippen molar-refractivity contribution in [2.75, 3.05) is 17.1 Å². The number of benzene rings is 2. The Morgan fingerprint density at radius 3 is 2.37 bits per heavy atom. The Morgan fingerprint density at radius 2 is 1.76 bits per heavy atom. The lowest BCUT2D eigenvalue weighted by Crippen LogP contribution is -2.51. The van der Waals surface area contributed by atoms with Crippen molar-refractivity contribution in [3.63, 3.8) is 0 Å². The zero-order valence-electron chi connectivity index (χ0n) is 21.6. The van der Waals surface area contributed by atoms with Crippen molar-refractivity contribution in [2.24, 2.45) is 0 Å². The summed E-state index contributed by atoms with van der Waals surface area (Å²) in [4.78, 5) is 28.2. The molecule has 7 nitrogen and oxygen atoms in total. The molecule has 2 aromatic rings. The van der Waals surface area contributed by atoms with E-state index in [1.165, 1.54) is 29.2 Å². The summed E-state index contributed by atoms with van der Waals surface area (Å²) in [6, 6.07) is 9.74. The van der Waals surface area contributed by atoms with Crippen molar-refractivity contribution >= 4 is 50.7 Å². The van der Waals surface area contributed by atoms with E-state index >= 15 is 0 Å². The van der Waals surface area contributed by atoms with Gasteiger partial charge in [-0.2, -0.15) is 0 Å². The topological polar surface area (TPSA) is 86.8 Å². The number of hydrogen-bond acceptors (Lipinski definition) is 4. The number of nitrogens with zero attached hydrogens (tertiary/aromatic N) is 2. The first-order chi connectivity index (χ1) is 18.0. The third kappa shape index (κ3) is 8.32. The average molecular weight is 587 g/mol. The van der Waals surface area contributed by atoms with Gasteiger partial charge < -0.3 is 10.2 Å². The van der Waals surface area contributed by atoms with Gasteiger partial charge in [0.25, 0.3) is 0 Å². The fourth-order valence-corrected chi connectivity index (χ4v) is 6.14. The van der Waals surface area contributed by atoms with E-state index in [9.17, 15) is 22.4 Å². The fourth-order valence-electron chi connectivity index (χ4n) is 4.73. The van der Waals surface area contributed by atoms with Crippen molar-refractivity contribution in [1.82, 2.24) is 10.2 Å². The van der Waals surface area contributed by atoms with E-state index < -0.39 is 21.9 Å². The Bertz CT molecular complexity index is 1220. The minimum Gasteiger partial charge on any atom is -0.352 e. The molecule has 1 fully saturated rings. The van der Waals surface area contributed by atoms with Gasteiger partial charge >= 0.3 is 0 Å². The first kappa shape index (κ1) is 30.2. The van der Waals surface area contributed by atoms with Crippen molar-refractivity contribution in [3.8, 4) is 0 Å². The van der Waals surface area contributed by atoms with Gasteiger partial charge in [-0.3, -0.25) is 13.9 Å². The maximum Gasteiger partial charge on any atom is 0.243 e. The molecule has 1 atom stereocenters. The standard InChI is InChI=1S/C27H34Cl2FN3O4S/c1-3-24(27(35)31-22-7-4-5-8-22)32(18-19-10-13-21(30)14-11-19)26(34)9-6-16-33(38(2,36)37)25-17-20(28)12-15-23(25)29/h10-15,17,22,24H,3-9,16,18H2,1-2H3,(H,31,35). The van der Waals surface area contributed by atoms with Gasteiger partial charge in [0.05, 0.1) is 17.0 Å². The van der Waals surface area contributed by atoms with Gasteiger partial charge in [-0.1, -0.05) is 55.1 Å². The molecule has 11 heteroatoms. The molecule has 208 valence electrons. The zero-order valence-corrected chi connectivity index (χ0v) is 24.0. The van der Waals surface area contributed by atoms with Crippen LogP contribution in [0.25, 0.3) is 0 Å². The normalized spacial score (nSPS) is 14.8. The highest BCUT2D eigenvalue weighted by atomic mass is 35.5. The number of halogens is 3. The molecule has 1 N–H and O–H groups in total. The molecule has 0 aliphatic heterocycles. The molecule has 2 aromatic carbocycles. The molecule has 0 radical (unpaired) electrons. The Labute approximate surface area is 234 Å². The molecule has 0 heterocycles. The van der Waals surface area contributed by atoms with Crippen LogP contribution in [0.5, 0.6) is 0 Å². The second-order valence-corrected chi connectivity index (χ2v) is 12.3. The predicted molar refractivity (Wildman–Crippen MR) is 149 cm³/mol. The van der Waals surface area contributed by atoms with Crippen molar-refractivity contribution in [3.05, 3.63) is 63.9 Å². The minimum atomic E-state index is -3.71. The maximum absolute atomic E-state index is 13.5. The molecule has 0 spiro atoms. The summed E-state index contributed by atoms with van der Waals surface area (Å²) in [5.74, 6) is -0.898. The summed E-state index contributed by atoms with van der Waals surface area (Å²) < 4.78 is 39.7. The lowest BCUT2D eigenvalue weighted by Gasteiger charge is -2.32. The molecule has 1 unspecified atom stereocenters. The number of sulfonamides is 1. The van der Waals surface area contributed by atoms with E-state index in [2.05, 4.69) is 5.32 Å². The predicted octanol–water partition coefficient (Wildman–Crippen LogP) is 5.54. The van der Waals surface area contributed by atoms with E-state index in [1.54, 1.807) is 18.2 Å². The van der Waals surface area contributed by atoms with E-state index in [1.807, 2.05) is 6.92 Å². The molecule has 0 bridgehead atoms. The summed E-state index contributed by atoms with van der Waals surface area (Å²) in [6.45, 7) is 1.97. The molecule has 3 rings (SSSR count). The van der Waals surface area contributed by atoms with Crippen molar-refractivity contribution < 1.29 is 22.4 Å². The number of rotatable bonds is 12. The minimum absolute atomic E-state index is 0.0000853. The van der Waals surface area contributed by atoms with E-state index in [-0.39, 0.29) is 54.5 Å². The Balaban J connectivity index is 1.77. The highest BCUT2D eigenvalue weighted by Gasteiger charge is 2.31. The first-order valence-corrected chi connectivity index (χ1v) is 15.4. The van der Waals surface area contributed by atoms with Crippen LogP contribution in [0.4, 0.5) is 10.1 Å². The van der Waals surface area contributed by atoms with Crippen molar-refractivity contribution in [1.29, 1.82) is 0 Å². The molecular weight excluding hydrogens is 552 g/mol. The Hall–Kier alpha value is -2.36. The maximum atomic E-state index is 13.5. The van der Waals surface area contributed by atoms with Crippen LogP contribution < -0.4 is 9.62 Å². The van der Waals surface area contributed by atoms with Crippen LogP contribution in [0, 0.1) is 5.82 Å². The van der Waals surface area contributed by atoms with Gasteiger partial charge in [-0.05, 0) is 61.6 Å². The second-order valence-electron chi connectivity index (χ2n) is 9.60. The van der Waals surface area contributed by atoms with Crippen LogP contribution in [-0.4, -0.2) is 50.0 Å². The smallest absolute Gasteiger partial charge is 0.243 e. The lowest BCUT2D eigenvalue weighted by molar-refractivity contribution is -0.141. The van der Waals surface area contributed by atoms with Gasteiger partial charge in [0, 0.05) is 30.6 Å². The van der Waals surface area contributed by atoms with Crippen molar-refractivity contribution in [2.45, 2.75) is 70.5 Å². The molecule has 0 aromatic heterocycles. The van der Waals surface area contributed by atoms with Gasteiger partial charge in [0.1, 0.15) is 11.9 Å². The Kier molecular flexibility index (Phi) is 10.8. The van der Waals surface area contributed by atoms with Gasteiger partial charge in [-0.25, -0.2) is 12.8 Å². The molecule has 1 aliphatic rings. The summed E-state index contributed by atoms with van der Waals surface area (Å²) >= 11 is 12.3. The number of anilines is 1. The Morgan fingerprint density at radius 1 is 1.11 bits per heavy atom. The van der Waals surface area contributed by atoms with Crippen LogP contribution in [0.3, 0.4) is 0 Å². The summed E-state index contributed by atoms with van der Waals surface area (Å²) in [5.41, 5.74) is 0.926. The number of carbonyl (C=O) groups is 2. The lowest BCUT2D eigenvalue weighted by atomic mass is 10.1. The van der Waals surface area contributed by atoms with E-state index in [0.717, 1.165) is 36.2 Å². The summed E-state index contributed by atoms with van der Waals surface area (Å²) in [6.07, 6.45) is 5.62. The van der Waals surface area contributed by atoms with Crippen LogP contribution in [0.15, 0.2) is 42.5 Å². The molecule has 38 heavy (non-hydrogen) atoms. The van der Waals surface area contributed by atoms with Crippen LogP contribution in [0.1, 0.15) is 57.4 Å². The number of nitrogens with one attached hydrogen (secondary N) is 1. The highest BCUT2D eigenvalue weighted by molar-refractivity contribution is 7.92. The molecular formula is C27H34Cl2FN3O4S. The largest absolute Gasteiger partial charge is 0.352 e. The van der Waals surface area contributed by atoms with Crippen LogP contribution in [-0.2, 0) is 26.2 Å². The molecule has 0 saturated heterocycles. The summed E-state index contributed by atoms with van der Waals surface area (Å²) in [5, 5.41) is 3.63. The van der Waals surface area contributed by atoms with E-state index in [0.29, 0.717) is 17.0 Å². The highest BCUT2D eigenvalue weighted by Crippen LogP contribution is 2.31. The summed E-state index contributed by atoms with van der Waals surface area (Å²) in [7, 11) is -3.71. The van der Waals surface area contributed by atoms with Crippen LogP contribution in [0.2, 0.25) is 10.0 Å². The molecule has 1 aliphatic carbocycles. The SMILES string of the molecule is CCC(C(=O)NC1CCCC1)N(Cc1ccc(F)cc1)C(=O)CCCN(c1cc(Cl)ccc1Cl)S(C)(=O)=O. The zero-order chi connectivity index (χ0) is 27.9. The number of hydrogen-bond donors (Lipinski definition) is 1. The first-order valence-electron chi connectivity index (χ1n) is 12.8.